The van der Waals surface area contributed by atoms with Crippen LogP contribution in [0, 0.1) is 5.92 Å². The van der Waals surface area contributed by atoms with Crippen molar-refractivity contribution in [3.05, 3.63) is 90.5 Å². The Morgan fingerprint density at radius 2 is 1.48 bits per heavy atom. The molecule has 9 heteroatoms. The van der Waals surface area contributed by atoms with Crippen molar-refractivity contribution < 1.29 is 22.7 Å². The highest BCUT2D eigenvalue weighted by Gasteiger charge is 2.34. The number of benzene rings is 3. The van der Waals surface area contributed by atoms with Crippen LogP contribution in [0.15, 0.2) is 89.8 Å². The Bertz CT molecular complexity index is 1350. The molecule has 0 aromatic heterocycles. The molecule has 40 heavy (non-hydrogen) atoms. The van der Waals surface area contributed by atoms with Gasteiger partial charge < -0.3 is 15.0 Å². The van der Waals surface area contributed by atoms with E-state index in [1.165, 1.54) is 17.0 Å². The molecule has 3 rings (SSSR count). The first-order valence-electron chi connectivity index (χ1n) is 13.6. The highest BCUT2D eigenvalue weighted by atomic mass is 32.2. The summed E-state index contributed by atoms with van der Waals surface area (Å²) in [5, 5.41) is 2.94. The van der Waals surface area contributed by atoms with Gasteiger partial charge in [-0.3, -0.25) is 13.9 Å². The molecule has 0 radical (unpaired) electrons. The lowest BCUT2D eigenvalue weighted by Gasteiger charge is -2.33. The van der Waals surface area contributed by atoms with E-state index in [9.17, 15) is 18.0 Å². The Labute approximate surface area is 238 Å². The van der Waals surface area contributed by atoms with Crippen molar-refractivity contribution in [2.24, 2.45) is 5.92 Å². The van der Waals surface area contributed by atoms with Crippen molar-refractivity contribution >= 4 is 27.5 Å². The van der Waals surface area contributed by atoms with Crippen molar-refractivity contribution in [1.29, 1.82) is 0 Å². The van der Waals surface area contributed by atoms with Gasteiger partial charge in [0.25, 0.3) is 10.0 Å². The predicted molar refractivity (Wildman–Crippen MR) is 158 cm³/mol. The number of amides is 2. The van der Waals surface area contributed by atoms with Crippen LogP contribution < -0.4 is 14.4 Å². The molecule has 214 valence electrons. The summed E-state index contributed by atoms with van der Waals surface area (Å²) in [5.74, 6) is -0.191. The average molecular weight is 566 g/mol. The van der Waals surface area contributed by atoms with Crippen molar-refractivity contribution in [2.45, 2.75) is 51.6 Å². The van der Waals surface area contributed by atoms with Gasteiger partial charge in [-0.15, -0.1) is 0 Å². The second-order valence-electron chi connectivity index (χ2n) is 9.80. The van der Waals surface area contributed by atoms with E-state index < -0.39 is 28.5 Å². The minimum Gasteiger partial charge on any atom is -0.492 e. The number of nitrogens with zero attached hydrogens (tertiary/aromatic N) is 2. The molecule has 3 aromatic carbocycles. The third kappa shape index (κ3) is 7.85. The molecular weight excluding hydrogens is 526 g/mol. The number of hydrogen-bond donors (Lipinski definition) is 1. The minimum atomic E-state index is -4.17. The van der Waals surface area contributed by atoms with Gasteiger partial charge in [0.2, 0.25) is 11.8 Å². The van der Waals surface area contributed by atoms with E-state index in [1.807, 2.05) is 51.1 Å². The number of para-hydroxylation sites is 2. The lowest BCUT2D eigenvalue weighted by Crippen LogP contribution is -2.52. The van der Waals surface area contributed by atoms with Gasteiger partial charge in [-0.05, 0) is 49.1 Å². The summed E-state index contributed by atoms with van der Waals surface area (Å²) < 4.78 is 34.8. The fourth-order valence-corrected chi connectivity index (χ4v) is 5.74. The number of nitrogens with one attached hydrogen (secondary N) is 1. The van der Waals surface area contributed by atoms with E-state index in [1.54, 1.807) is 49.4 Å². The predicted octanol–water partition coefficient (Wildman–Crippen LogP) is 4.86. The highest BCUT2D eigenvalue weighted by Crippen LogP contribution is 2.33. The van der Waals surface area contributed by atoms with E-state index in [2.05, 4.69) is 5.32 Å². The molecule has 0 saturated carbocycles. The first-order valence-corrected chi connectivity index (χ1v) is 15.0. The van der Waals surface area contributed by atoms with Crippen LogP contribution in [0.4, 0.5) is 5.69 Å². The summed E-state index contributed by atoms with van der Waals surface area (Å²) in [4.78, 5) is 28.9. The van der Waals surface area contributed by atoms with E-state index in [0.29, 0.717) is 25.3 Å². The highest BCUT2D eigenvalue weighted by molar-refractivity contribution is 7.92. The maximum atomic E-state index is 14.1. The van der Waals surface area contributed by atoms with Crippen LogP contribution in [0.2, 0.25) is 0 Å². The number of carbonyl (C=O) groups excluding carboxylic acids is 2. The van der Waals surface area contributed by atoms with Crippen molar-refractivity contribution in [3.63, 3.8) is 0 Å². The molecule has 0 bridgehead atoms. The van der Waals surface area contributed by atoms with E-state index >= 15 is 0 Å². The Kier molecular flexibility index (Phi) is 11.1. The number of carbonyl (C=O) groups is 2. The zero-order chi connectivity index (χ0) is 29.1. The average Bonchev–Trinajstić information content (AvgIpc) is 2.96. The molecule has 1 unspecified atom stereocenters. The summed E-state index contributed by atoms with van der Waals surface area (Å²) in [6, 6.07) is 23.3. The lowest BCUT2D eigenvalue weighted by atomic mass is 10.1. The molecule has 2 amide bonds. The first kappa shape index (κ1) is 30.7. The second kappa shape index (κ2) is 14.5. The fraction of sp³-hybridized carbons (Fsp3) is 0.355. The second-order valence-corrected chi connectivity index (χ2v) is 11.7. The Morgan fingerprint density at radius 3 is 2.08 bits per heavy atom. The zero-order valence-electron chi connectivity index (χ0n) is 23.6. The van der Waals surface area contributed by atoms with E-state index in [-0.39, 0.29) is 29.0 Å². The quantitative estimate of drug-likeness (QED) is 0.301. The van der Waals surface area contributed by atoms with Gasteiger partial charge >= 0.3 is 0 Å². The normalized spacial score (nSPS) is 12.0. The molecule has 0 heterocycles. The lowest BCUT2D eigenvalue weighted by molar-refractivity contribution is -0.140. The zero-order valence-corrected chi connectivity index (χ0v) is 24.4. The summed E-state index contributed by atoms with van der Waals surface area (Å²) in [7, 11) is -4.17. The van der Waals surface area contributed by atoms with Crippen LogP contribution >= 0.6 is 0 Å². The van der Waals surface area contributed by atoms with Crippen molar-refractivity contribution in [1.82, 2.24) is 10.2 Å². The van der Waals surface area contributed by atoms with E-state index in [0.717, 1.165) is 9.87 Å². The summed E-state index contributed by atoms with van der Waals surface area (Å²) in [5.41, 5.74) is 1.08. The van der Waals surface area contributed by atoms with Gasteiger partial charge in [0.05, 0.1) is 17.2 Å². The topological polar surface area (TPSA) is 96.0 Å². The molecule has 3 aromatic rings. The van der Waals surface area contributed by atoms with Crippen LogP contribution in [-0.4, -0.2) is 50.9 Å². The molecule has 0 saturated heterocycles. The molecule has 1 atom stereocenters. The first-order chi connectivity index (χ1) is 19.2. The third-order valence-electron chi connectivity index (χ3n) is 6.31. The standard InChI is InChI=1S/C31H39N3O5S/c1-5-27(31(36)32-21-24(3)4)33(22-25-15-9-7-10-16-25)30(35)23-34(28-19-13-14-20-29(28)39-6-2)40(37,38)26-17-11-8-12-18-26/h7-20,24,27H,5-6,21-23H2,1-4H3,(H,32,36). The smallest absolute Gasteiger partial charge is 0.264 e. The van der Waals surface area contributed by atoms with Crippen LogP contribution in [0.5, 0.6) is 5.75 Å². The van der Waals surface area contributed by atoms with Gasteiger partial charge in [0.1, 0.15) is 18.3 Å². The Hall–Kier alpha value is -3.85. The molecule has 8 nitrogen and oxygen atoms in total. The Morgan fingerprint density at radius 1 is 0.875 bits per heavy atom. The molecule has 0 aliphatic carbocycles. The maximum absolute atomic E-state index is 14.1. The van der Waals surface area contributed by atoms with Gasteiger partial charge in [-0.1, -0.05) is 81.4 Å². The fourth-order valence-electron chi connectivity index (χ4n) is 4.30. The van der Waals surface area contributed by atoms with Crippen LogP contribution in [0.3, 0.4) is 0 Å². The third-order valence-corrected chi connectivity index (χ3v) is 8.08. The SMILES string of the molecule is CCOc1ccccc1N(CC(=O)N(Cc1ccccc1)C(CC)C(=O)NCC(C)C)S(=O)(=O)c1ccccc1. The van der Waals surface area contributed by atoms with Crippen LogP contribution in [0.25, 0.3) is 0 Å². The number of ether oxygens (including phenoxy) is 1. The van der Waals surface area contributed by atoms with Gasteiger partial charge in [-0.2, -0.15) is 0 Å². The Balaban J connectivity index is 2.07. The summed E-state index contributed by atoms with van der Waals surface area (Å²) in [6.07, 6.45) is 0.365. The molecular formula is C31H39N3O5S. The summed E-state index contributed by atoms with van der Waals surface area (Å²) >= 11 is 0. The molecule has 0 spiro atoms. The van der Waals surface area contributed by atoms with Gasteiger partial charge in [-0.25, -0.2) is 8.42 Å². The van der Waals surface area contributed by atoms with E-state index in [4.69, 9.17) is 4.74 Å². The molecule has 0 aliphatic rings. The number of sulfonamides is 1. The summed E-state index contributed by atoms with van der Waals surface area (Å²) in [6.45, 7) is 8.07. The molecule has 0 fully saturated rings. The maximum Gasteiger partial charge on any atom is 0.264 e. The largest absolute Gasteiger partial charge is 0.492 e. The van der Waals surface area contributed by atoms with Gasteiger partial charge in [0.15, 0.2) is 0 Å². The van der Waals surface area contributed by atoms with Crippen molar-refractivity contribution in [2.75, 3.05) is 24.0 Å². The number of hydrogen-bond acceptors (Lipinski definition) is 5. The van der Waals surface area contributed by atoms with Gasteiger partial charge in [0, 0.05) is 13.1 Å². The molecule has 0 aliphatic heterocycles. The van der Waals surface area contributed by atoms with Crippen LogP contribution in [-0.2, 0) is 26.2 Å². The minimum absolute atomic E-state index is 0.0467. The van der Waals surface area contributed by atoms with Crippen LogP contribution in [0.1, 0.15) is 39.7 Å². The monoisotopic (exact) mass is 565 g/mol. The van der Waals surface area contributed by atoms with Crippen molar-refractivity contribution in [3.8, 4) is 5.75 Å². The number of anilines is 1. The molecule has 1 N–H and O–H groups in total. The number of rotatable bonds is 14.